The Morgan fingerprint density at radius 2 is 2.11 bits per heavy atom. The van der Waals surface area contributed by atoms with Gasteiger partial charge in [0.15, 0.2) is 0 Å². The fraction of sp³-hybridized carbons (Fsp3) is 0.167. The Labute approximate surface area is 109 Å². The topological polar surface area (TPSA) is 98.7 Å². The van der Waals surface area contributed by atoms with Gasteiger partial charge >= 0.3 is 0 Å². The number of benzene rings is 1. The highest BCUT2D eigenvalue weighted by Gasteiger charge is 2.32. The number of fused-ring (bicyclic) bond motifs is 1. The van der Waals surface area contributed by atoms with Gasteiger partial charge in [0.25, 0.3) is 0 Å². The maximum absolute atomic E-state index is 11.7. The Bertz CT molecular complexity index is 660. The van der Waals surface area contributed by atoms with Crippen LogP contribution in [0.2, 0.25) is 0 Å². The van der Waals surface area contributed by atoms with E-state index in [1.165, 1.54) is 0 Å². The van der Waals surface area contributed by atoms with Gasteiger partial charge in [-0.05, 0) is 22.9 Å². The molecule has 0 saturated heterocycles. The molecule has 3 rings (SSSR count). The van der Waals surface area contributed by atoms with Crippen molar-refractivity contribution >= 4 is 11.9 Å². The van der Waals surface area contributed by atoms with E-state index in [-0.39, 0.29) is 0 Å². The van der Waals surface area contributed by atoms with E-state index in [9.17, 15) is 4.79 Å². The first-order chi connectivity index (χ1) is 9.18. The second-order valence-electron chi connectivity index (χ2n) is 4.29. The van der Waals surface area contributed by atoms with Gasteiger partial charge < -0.3 is 11.1 Å². The zero-order valence-electron chi connectivity index (χ0n) is 10.2. The number of allylic oxidation sites excluding steroid dienone is 1. The van der Waals surface area contributed by atoms with Crippen molar-refractivity contribution in [3.05, 3.63) is 47.2 Å². The third-order valence-electron chi connectivity index (χ3n) is 3.09. The number of carbonyl (C=O) groups is 1. The van der Waals surface area contributed by atoms with E-state index < -0.39 is 11.9 Å². The smallest absolute Gasteiger partial charge is 0.248 e. The predicted molar refractivity (Wildman–Crippen MR) is 67.9 cm³/mol. The summed E-state index contributed by atoms with van der Waals surface area (Å²) >= 11 is 0. The largest absolute Gasteiger partial charge is 0.366 e. The van der Waals surface area contributed by atoms with Crippen molar-refractivity contribution in [2.45, 2.75) is 13.0 Å². The number of anilines is 1. The second kappa shape index (κ2) is 4.20. The molecule has 0 spiro atoms. The molecule has 7 nitrogen and oxygen atoms in total. The summed E-state index contributed by atoms with van der Waals surface area (Å²) in [6.45, 7) is 1.79. The molecule has 1 unspecified atom stereocenters. The summed E-state index contributed by atoms with van der Waals surface area (Å²) in [5.41, 5.74) is 7.53. The lowest BCUT2D eigenvalue weighted by molar-refractivity contribution is -0.115. The molecule has 0 bridgehead atoms. The zero-order chi connectivity index (χ0) is 13.4. The van der Waals surface area contributed by atoms with E-state index in [0.717, 1.165) is 5.56 Å². The fourth-order valence-electron chi connectivity index (χ4n) is 2.27. The molecule has 1 atom stereocenters. The molecule has 0 saturated carbocycles. The van der Waals surface area contributed by atoms with Crippen molar-refractivity contribution in [3.8, 4) is 0 Å². The minimum absolute atomic E-state index is 0.398. The SMILES string of the molecule is CC1=C(C(N)=O)C(c2ccccc2)n2nnnc2N1. The number of nitrogens with zero attached hydrogens (tertiary/aromatic N) is 4. The molecule has 1 amide bonds. The van der Waals surface area contributed by atoms with E-state index in [0.29, 0.717) is 17.2 Å². The number of hydrogen-bond donors (Lipinski definition) is 2. The van der Waals surface area contributed by atoms with Gasteiger partial charge in [-0.15, -0.1) is 0 Å². The van der Waals surface area contributed by atoms with Crippen LogP contribution in [-0.2, 0) is 4.79 Å². The number of amides is 1. The summed E-state index contributed by atoms with van der Waals surface area (Å²) in [5, 5.41) is 14.4. The van der Waals surface area contributed by atoms with Crippen molar-refractivity contribution in [3.63, 3.8) is 0 Å². The number of nitrogens with one attached hydrogen (secondary N) is 1. The molecule has 96 valence electrons. The zero-order valence-corrected chi connectivity index (χ0v) is 10.2. The maximum atomic E-state index is 11.7. The summed E-state index contributed by atoms with van der Waals surface area (Å²) in [5.74, 6) is 0.0105. The molecule has 0 aliphatic carbocycles. The monoisotopic (exact) mass is 256 g/mol. The van der Waals surface area contributed by atoms with E-state index in [2.05, 4.69) is 20.8 Å². The first kappa shape index (κ1) is 11.4. The molecule has 1 aromatic heterocycles. The number of carbonyl (C=O) groups excluding carboxylic acids is 1. The molecule has 0 radical (unpaired) electrons. The van der Waals surface area contributed by atoms with Crippen LogP contribution in [0.4, 0.5) is 5.95 Å². The average molecular weight is 256 g/mol. The average Bonchev–Trinajstić information content (AvgIpc) is 2.85. The van der Waals surface area contributed by atoms with E-state index in [1.54, 1.807) is 11.6 Å². The molecule has 2 aromatic rings. The number of nitrogens with two attached hydrogens (primary N) is 1. The van der Waals surface area contributed by atoms with Gasteiger partial charge in [0.05, 0.1) is 5.57 Å². The van der Waals surface area contributed by atoms with Crippen LogP contribution in [0.1, 0.15) is 18.5 Å². The Morgan fingerprint density at radius 1 is 1.37 bits per heavy atom. The highest BCUT2D eigenvalue weighted by Crippen LogP contribution is 2.33. The highest BCUT2D eigenvalue weighted by atomic mass is 16.1. The van der Waals surface area contributed by atoms with E-state index >= 15 is 0 Å². The predicted octanol–water partition coefficient (Wildman–Crippen LogP) is 0.447. The van der Waals surface area contributed by atoms with E-state index in [1.807, 2.05) is 30.3 Å². The number of aromatic nitrogens is 4. The third kappa shape index (κ3) is 1.75. The Kier molecular flexibility index (Phi) is 2.52. The summed E-state index contributed by atoms with van der Waals surface area (Å²) < 4.78 is 1.56. The molecule has 3 N–H and O–H groups in total. The first-order valence-corrected chi connectivity index (χ1v) is 5.79. The van der Waals surface area contributed by atoms with Crippen LogP contribution >= 0.6 is 0 Å². The van der Waals surface area contributed by atoms with Gasteiger partial charge in [-0.3, -0.25) is 4.79 Å². The Balaban J connectivity index is 2.21. The van der Waals surface area contributed by atoms with Crippen LogP contribution in [0, 0.1) is 0 Å². The number of primary amides is 1. The number of hydrogen-bond acceptors (Lipinski definition) is 5. The Hall–Kier alpha value is -2.70. The normalized spacial score (nSPS) is 17.8. The number of tetrazole rings is 1. The van der Waals surface area contributed by atoms with Gasteiger partial charge in [0.2, 0.25) is 11.9 Å². The van der Waals surface area contributed by atoms with Crippen LogP contribution in [-0.4, -0.2) is 26.1 Å². The maximum Gasteiger partial charge on any atom is 0.248 e. The van der Waals surface area contributed by atoms with Crippen LogP contribution in [0.15, 0.2) is 41.6 Å². The van der Waals surface area contributed by atoms with Gasteiger partial charge in [0.1, 0.15) is 6.04 Å². The molecule has 1 aliphatic heterocycles. The minimum Gasteiger partial charge on any atom is -0.366 e. The summed E-state index contributed by atoms with van der Waals surface area (Å²) in [6.07, 6.45) is 0. The van der Waals surface area contributed by atoms with Gasteiger partial charge in [-0.25, -0.2) is 0 Å². The van der Waals surface area contributed by atoms with Crippen molar-refractivity contribution in [1.82, 2.24) is 20.2 Å². The lowest BCUT2D eigenvalue weighted by Gasteiger charge is -2.26. The van der Waals surface area contributed by atoms with Crippen LogP contribution in [0.5, 0.6) is 0 Å². The quantitative estimate of drug-likeness (QED) is 0.812. The van der Waals surface area contributed by atoms with Crippen LogP contribution in [0.3, 0.4) is 0 Å². The van der Waals surface area contributed by atoms with Crippen molar-refractivity contribution < 1.29 is 4.79 Å². The van der Waals surface area contributed by atoms with Gasteiger partial charge in [-0.1, -0.05) is 35.4 Å². The Morgan fingerprint density at radius 3 is 2.79 bits per heavy atom. The molecule has 1 aliphatic rings. The number of rotatable bonds is 2. The van der Waals surface area contributed by atoms with Gasteiger partial charge in [0, 0.05) is 5.70 Å². The lowest BCUT2D eigenvalue weighted by atomic mass is 9.95. The summed E-state index contributed by atoms with van der Waals surface area (Å²) in [6, 6.07) is 9.14. The van der Waals surface area contributed by atoms with Gasteiger partial charge in [-0.2, -0.15) is 4.68 Å². The lowest BCUT2D eigenvalue weighted by Crippen LogP contribution is -2.31. The molecular weight excluding hydrogens is 244 g/mol. The summed E-state index contributed by atoms with van der Waals surface area (Å²) in [4.78, 5) is 11.7. The highest BCUT2D eigenvalue weighted by molar-refractivity contribution is 5.95. The standard InChI is InChI=1S/C12H12N6O/c1-7-9(11(13)19)10(8-5-3-2-4-6-8)18-12(14-7)15-16-17-18/h2-6,10H,1H3,(H2,13,19)(H,14,15,17). The fourth-order valence-corrected chi connectivity index (χ4v) is 2.27. The van der Waals surface area contributed by atoms with E-state index in [4.69, 9.17) is 5.73 Å². The first-order valence-electron chi connectivity index (χ1n) is 5.79. The van der Waals surface area contributed by atoms with Crippen LogP contribution in [0.25, 0.3) is 0 Å². The second-order valence-corrected chi connectivity index (χ2v) is 4.29. The molecule has 2 heterocycles. The molecule has 1 aromatic carbocycles. The van der Waals surface area contributed by atoms with Crippen molar-refractivity contribution in [2.75, 3.05) is 5.32 Å². The molecular formula is C12H12N6O. The molecule has 0 fully saturated rings. The molecule has 7 heteroatoms. The summed E-state index contributed by atoms with van der Waals surface area (Å²) in [7, 11) is 0. The van der Waals surface area contributed by atoms with Crippen LogP contribution < -0.4 is 11.1 Å². The van der Waals surface area contributed by atoms with Crippen molar-refractivity contribution in [1.29, 1.82) is 0 Å². The van der Waals surface area contributed by atoms with Crippen molar-refractivity contribution in [2.24, 2.45) is 5.73 Å². The molecule has 19 heavy (non-hydrogen) atoms. The minimum atomic E-state index is -0.486. The third-order valence-corrected chi connectivity index (χ3v) is 3.09.